The summed E-state index contributed by atoms with van der Waals surface area (Å²) in [5.41, 5.74) is 0.846. The van der Waals surface area contributed by atoms with Gasteiger partial charge in [0.2, 0.25) is 0 Å². The summed E-state index contributed by atoms with van der Waals surface area (Å²) in [5.74, 6) is -0.431. The van der Waals surface area contributed by atoms with Gasteiger partial charge in [-0.25, -0.2) is 14.8 Å². The average Bonchev–Trinajstić information content (AvgIpc) is 2.55. The number of anilines is 1. The Hall–Kier alpha value is -1.69. The van der Waals surface area contributed by atoms with Crippen LogP contribution in [0.3, 0.4) is 0 Å². The number of benzene rings is 1. The molecule has 0 fully saturated rings. The lowest BCUT2D eigenvalue weighted by atomic mass is 10.2. The quantitative estimate of drug-likeness (QED) is 0.724. The first-order valence-electron chi connectivity index (χ1n) is 8.16. The van der Waals surface area contributed by atoms with E-state index in [1.165, 1.54) is 0 Å². The van der Waals surface area contributed by atoms with Crippen molar-refractivity contribution in [3.63, 3.8) is 0 Å². The van der Waals surface area contributed by atoms with Crippen molar-refractivity contribution in [2.75, 3.05) is 31.0 Å². The first-order chi connectivity index (χ1) is 11.2. The molecule has 0 aliphatic rings. The molecule has 24 heavy (non-hydrogen) atoms. The van der Waals surface area contributed by atoms with Gasteiger partial charge in [-0.15, -0.1) is 0 Å². The number of hydrogen-bond acceptors (Lipinski definition) is 5. The first kappa shape index (κ1) is 20.4. The van der Waals surface area contributed by atoms with Crippen molar-refractivity contribution in [2.24, 2.45) is 0 Å². The lowest BCUT2D eigenvalue weighted by molar-refractivity contribution is -0.144. The number of nitrogens with one attached hydrogen (secondary N) is 1. The molecule has 0 heterocycles. The predicted octanol–water partition coefficient (Wildman–Crippen LogP) is 3.42. The fourth-order valence-corrected chi connectivity index (χ4v) is 3.98. The van der Waals surface area contributed by atoms with Crippen molar-refractivity contribution in [2.45, 2.75) is 43.9 Å². The zero-order valence-corrected chi connectivity index (χ0v) is 16.2. The predicted molar refractivity (Wildman–Crippen MR) is 100.0 cm³/mol. The molecule has 5 nitrogen and oxygen atoms in total. The SMILES string of the molecule is CCOC(=O)C(C)Nc1ccc(S(C)(C)C(C)C(=O)OCC)cc1. The molecule has 0 spiro atoms. The van der Waals surface area contributed by atoms with Gasteiger partial charge in [-0.2, -0.15) is 0 Å². The van der Waals surface area contributed by atoms with Crippen LogP contribution in [0.2, 0.25) is 0 Å². The highest BCUT2D eigenvalue weighted by molar-refractivity contribution is 8.33. The van der Waals surface area contributed by atoms with Crippen LogP contribution in [0.15, 0.2) is 29.2 Å². The second-order valence-electron chi connectivity index (χ2n) is 5.94. The maximum atomic E-state index is 12.0. The molecule has 0 amide bonds. The summed E-state index contributed by atoms with van der Waals surface area (Å²) in [7, 11) is -1.32. The minimum atomic E-state index is -1.32. The number of carbonyl (C=O) groups is 2. The van der Waals surface area contributed by atoms with Crippen LogP contribution >= 0.6 is 10.0 Å². The van der Waals surface area contributed by atoms with Gasteiger partial charge in [0.15, 0.2) is 0 Å². The second-order valence-corrected chi connectivity index (χ2v) is 9.93. The van der Waals surface area contributed by atoms with E-state index in [2.05, 4.69) is 17.8 Å². The first-order valence-corrected chi connectivity index (χ1v) is 10.7. The van der Waals surface area contributed by atoms with E-state index in [1.807, 2.05) is 38.1 Å². The topological polar surface area (TPSA) is 64.6 Å². The molecule has 0 saturated carbocycles. The third kappa shape index (κ3) is 5.16. The molecule has 0 bridgehead atoms. The molecule has 0 aliphatic carbocycles. The van der Waals surface area contributed by atoms with Gasteiger partial charge in [0.05, 0.1) is 18.5 Å². The summed E-state index contributed by atoms with van der Waals surface area (Å²) in [5, 5.41) is 2.95. The zero-order chi connectivity index (χ0) is 18.3. The van der Waals surface area contributed by atoms with Gasteiger partial charge in [0, 0.05) is 5.69 Å². The van der Waals surface area contributed by atoms with Crippen LogP contribution < -0.4 is 5.32 Å². The van der Waals surface area contributed by atoms with Crippen molar-refractivity contribution >= 4 is 27.7 Å². The normalized spacial score (nSPS) is 14.4. The average molecular weight is 356 g/mol. The van der Waals surface area contributed by atoms with E-state index in [0.717, 1.165) is 10.6 Å². The third-order valence-corrected chi connectivity index (χ3v) is 7.43. The number of esters is 2. The Balaban J connectivity index is 2.82. The van der Waals surface area contributed by atoms with Crippen LogP contribution in [0.4, 0.5) is 5.69 Å². The Labute approximate surface area is 146 Å². The van der Waals surface area contributed by atoms with Crippen molar-refractivity contribution in [1.29, 1.82) is 0 Å². The number of ether oxygens (including phenoxy) is 2. The largest absolute Gasteiger partial charge is 0.465 e. The van der Waals surface area contributed by atoms with E-state index >= 15 is 0 Å². The molecule has 1 aromatic carbocycles. The summed E-state index contributed by atoms with van der Waals surface area (Å²) in [4.78, 5) is 24.8. The monoisotopic (exact) mass is 355 g/mol. The lowest BCUT2D eigenvalue weighted by Crippen LogP contribution is -2.28. The minimum absolute atomic E-state index is 0.157. The van der Waals surface area contributed by atoms with E-state index in [4.69, 9.17) is 9.47 Å². The molecule has 0 saturated heterocycles. The maximum absolute atomic E-state index is 12.0. The van der Waals surface area contributed by atoms with E-state index in [1.54, 1.807) is 13.8 Å². The van der Waals surface area contributed by atoms with E-state index < -0.39 is 16.1 Å². The van der Waals surface area contributed by atoms with Gasteiger partial charge in [-0.3, -0.25) is 4.79 Å². The standard InChI is InChI=1S/C18H29NO4S/c1-7-22-17(20)13(3)19-15-9-11-16(12-10-15)24(5,6)14(4)18(21)23-8-2/h9-14,19H,7-8H2,1-6H3. The molecule has 0 aliphatic heterocycles. The molecular weight excluding hydrogens is 326 g/mol. The van der Waals surface area contributed by atoms with Gasteiger partial charge < -0.3 is 14.8 Å². The summed E-state index contributed by atoms with van der Waals surface area (Å²) in [6.07, 6.45) is 4.22. The van der Waals surface area contributed by atoms with Gasteiger partial charge in [0.25, 0.3) is 0 Å². The second kappa shape index (κ2) is 8.97. The number of rotatable bonds is 8. The Morgan fingerprint density at radius 2 is 1.50 bits per heavy atom. The summed E-state index contributed by atoms with van der Waals surface area (Å²) >= 11 is 0. The lowest BCUT2D eigenvalue weighted by Gasteiger charge is -2.36. The van der Waals surface area contributed by atoms with Gasteiger partial charge in [0.1, 0.15) is 6.04 Å². The van der Waals surface area contributed by atoms with Crippen molar-refractivity contribution < 1.29 is 19.1 Å². The van der Waals surface area contributed by atoms with E-state index in [9.17, 15) is 9.59 Å². The summed E-state index contributed by atoms with van der Waals surface area (Å²) < 4.78 is 10.1. The Bertz CT molecular complexity index is 557. The maximum Gasteiger partial charge on any atom is 0.328 e. The van der Waals surface area contributed by atoms with Crippen LogP contribution in [-0.4, -0.2) is 49.0 Å². The molecule has 6 heteroatoms. The van der Waals surface area contributed by atoms with Crippen LogP contribution in [0.25, 0.3) is 0 Å². The fraction of sp³-hybridized carbons (Fsp3) is 0.556. The van der Waals surface area contributed by atoms with Crippen LogP contribution in [0.1, 0.15) is 27.7 Å². The van der Waals surface area contributed by atoms with Crippen LogP contribution in [0, 0.1) is 0 Å². The molecule has 1 aromatic rings. The molecule has 0 aromatic heterocycles. The molecule has 0 radical (unpaired) electrons. The zero-order valence-electron chi connectivity index (χ0n) is 15.4. The highest BCUT2D eigenvalue weighted by Crippen LogP contribution is 2.53. The van der Waals surface area contributed by atoms with Crippen molar-refractivity contribution in [1.82, 2.24) is 0 Å². The number of hydrogen-bond donors (Lipinski definition) is 1. The summed E-state index contributed by atoms with van der Waals surface area (Å²) in [6, 6.07) is 7.46. The molecule has 1 rings (SSSR count). The van der Waals surface area contributed by atoms with Crippen molar-refractivity contribution in [3.8, 4) is 0 Å². The van der Waals surface area contributed by atoms with E-state index in [-0.39, 0.29) is 17.2 Å². The van der Waals surface area contributed by atoms with Crippen molar-refractivity contribution in [3.05, 3.63) is 24.3 Å². The van der Waals surface area contributed by atoms with Gasteiger partial charge in [-0.05, 0) is 69.4 Å². The molecule has 2 unspecified atom stereocenters. The third-order valence-electron chi connectivity index (χ3n) is 3.99. The highest BCUT2D eigenvalue weighted by Gasteiger charge is 2.29. The Kier molecular flexibility index (Phi) is 7.60. The minimum Gasteiger partial charge on any atom is -0.465 e. The fourth-order valence-electron chi connectivity index (χ4n) is 2.18. The smallest absolute Gasteiger partial charge is 0.328 e. The van der Waals surface area contributed by atoms with Gasteiger partial charge >= 0.3 is 11.9 Å². The van der Waals surface area contributed by atoms with Crippen LogP contribution in [-0.2, 0) is 19.1 Å². The van der Waals surface area contributed by atoms with Gasteiger partial charge in [-0.1, -0.05) is 0 Å². The Morgan fingerprint density at radius 3 is 2.00 bits per heavy atom. The van der Waals surface area contributed by atoms with Crippen LogP contribution in [0.5, 0.6) is 0 Å². The molecule has 1 N–H and O–H groups in total. The highest BCUT2D eigenvalue weighted by atomic mass is 32.3. The molecular formula is C18H29NO4S. The Morgan fingerprint density at radius 1 is 1.00 bits per heavy atom. The van der Waals surface area contributed by atoms with E-state index in [0.29, 0.717) is 13.2 Å². The number of carbonyl (C=O) groups excluding carboxylic acids is 2. The molecule has 136 valence electrons. The molecule has 2 atom stereocenters. The summed E-state index contributed by atoms with van der Waals surface area (Å²) in [6.45, 7) is 8.06.